The zero-order chi connectivity index (χ0) is 21.2. The molecule has 29 heavy (non-hydrogen) atoms. The maximum Gasteiger partial charge on any atom is 0.251 e. The second kappa shape index (κ2) is 8.87. The van der Waals surface area contributed by atoms with Crippen LogP contribution in [0.15, 0.2) is 46.2 Å². The Morgan fingerprint density at radius 2 is 1.86 bits per heavy atom. The van der Waals surface area contributed by atoms with E-state index in [1.807, 2.05) is 0 Å². The zero-order valence-corrected chi connectivity index (χ0v) is 18.1. The van der Waals surface area contributed by atoms with E-state index in [0.717, 1.165) is 23.5 Å². The first-order valence-corrected chi connectivity index (χ1v) is 11.3. The molecule has 1 amide bonds. The second-order valence-corrected chi connectivity index (χ2v) is 9.68. The van der Waals surface area contributed by atoms with Crippen molar-refractivity contribution in [3.63, 3.8) is 0 Å². The maximum atomic E-state index is 12.7. The second-order valence-electron chi connectivity index (χ2n) is 6.90. The number of pyridine rings is 1. The predicted octanol–water partition coefficient (Wildman–Crippen LogP) is 2.82. The standard InChI is InChI=1S/C19H21Cl2N3O4S/c1-13(16-6-4-14(20)10-17(16)21)22-18(25)12-23-11-15(5-7-19(23)26)29(27,28)24-8-2-3-9-24/h4-7,10-11,13H,2-3,8-9,12H2,1H3,(H,22,25)/t13-/m1/s1. The SMILES string of the molecule is C[C@@H](NC(=O)Cn1cc(S(=O)(=O)N2CCCC2)ccc1=O)c1ccc(Cl)cc1Cl. The fourth-order valence-electron chi connectivity index (χ4n) is 3.24. The van der Waals surface area contributed by atoms with Crippen molar-refractivity contribution in [2.75, 3.05) is 13.1 Å². The molecular formula is C19H21Cl2N3O4S. The summed E-state index contributed by atoms with van der Waals surface area (Å²) in [7, 11) is -3.68. The highest BCUT2D eigenvalue weighted by Gasteiger charge is 2.27. The molecule has 0 saturated carbocycles. The van der Waals surface area contributed by atoms with E-state index in [9.17, 15) is 18.0 Å². The van der Waals surface area contributed by atoms with Crippen molar-refractivity contribution in [1.82, 2.24) is 14.2 Å². The number of hydrogen-bond donors (Lipinski definition) is 1. The third-order valence-corrected chi connectivity index (χ3v) is 7.22. The predicted molar refractivity (Wildman–Crippen MR) is 112 cm³/mol. The molecule has 10 heteroatoms. The number of carbonyl (C=O) groups is 1. The molecule has 0 bridgehead atoms. The minimum atomic E-state index is -3.68. The van der Waals surface area contributed by atoms with Gasteiger partial charge in [0.15, 0.2) is 0 Å². The molecule has 1 aliphatic rings. The largest absolute Gasteiger partial charge is 0.348 e. The number of carbonyl (C=O) groups excluding carboxylic acids is 1. The summed E-state index contributed by atoms with van der Waals surface area (Å²) in [6.07, 6.45) is 2.84. The Morgan fingerprint density at radius 1 is 1.17 bits per heavy atom. The lowest BCUT2D eigenvalue weighted by atomic mass is 10.1. The van der Waals surface area contributed by atoms with Crippen molar-refractivity contribution in [3.05, 3.63) is 62.5 Å². The van der Waals surface area contributed by atoms with E-state index >= 15 is 0 Å². The van der Waals surface area contributed by atoms with E-state index in [4.69, 9.17) is 23.2 Å². The molecule has 0 unspecified atom stereocenters. The van der Waals surface area contributed by atoms with E-state index in [2.05, 4.69) is 5.32 Å². The van der Waals surface area contributed by atoms with E-state index in [1.165, 1.54) is 16.6 Å². The van der Waals surface area contributed by atoms with E-state index < -0.39 is 27.5 Å². The molecule has 0 aliphatic carbocycles. The first kappa shape index (κ1) is 21.8. The Kier molecular flexibility index (Phi) is 6.68. The molecule has 1 saturated heterocycles. The number of hydrogen-bond acceptors (Lipinski definition) is 4. The van der Waals surface area contributed by atoms with Crippen molar-refractivity contribution >= 4 is 39.1 Å². The third kappa shape index (κ3) is 5.01. The summed E-state index contributed by atoms with van der Waals surface area (Å²) in [6, 6.07) is 6.99. The fraction of sp³-hybridized carbons (Fsp3) is 0.368. The highest BCUT2D eigenvalue weighted by atomic mass is 35.5. The Labute approximate surface area is 179 Å². The van der Waals surface area contributed by atoms with Gasteiger partial charge in [-0.05, 0) is 43.5 Å². The van der Waals surface area contributed by atoms with Crippen LogP contribution in [-0.2, 0) is 21.4 Å². The van der Waals surface area contributed by atoms with Gasteiger partial charge in [-0.15, -0.1) is 0 Å². The van der Waals surface area contributed by atoms with Gasteiger partial charge in [0.25, 0.3) is 5.56 Å². The van der Waals surface area contributed by atoms with Gasteiger partial charge in [0.1, 0.15) is 6.54 Å². The van der Waals surface area contributed by atoms with Gasteiger partial charge in [-0.1, -0.05) is 29.3 Å². The van der Waals surface area contributed by atoms with E-state index in [1.54, 1.807) is 25.1 Å². The molecule has 3 rings (SSSR count). The number of amides is 1. The van der Waals surface area contributed by atoms with Gasteiger partial charge in [0.2, 0.25) is 15.9 Å². The van der Waals surface area contributed by atoms with Crippen LogP contribution in [-0.4, -0.2) is 36.3 Å². The Balaban J connectivity index is 1.75. The van der Waals surface area contributed by atoms with Crippen LogP contribution in [0.3, 0.4) is 0 Å². The van der Waals surface area contributed by atoms with Crippen molar-refractivity contribution < 1.29 is 13.2 Å². The summed E-state index contributed by atoms with van der Waals surface area (Å²) < 4.78 is 27.9. The average molecular weight is 458 g/mol. The van der Waals surface area contributed by atoms with Gasteiger partial charge >= 0.3 is 0 Å². The highest BCUT2D eigenvalue weighted by Crippen LogP contribution is 2.26. The molecule has 1 aliphatic heterocycles. The minimum Gasteiger partial charge on any atom is -0.348 e. The van der Waals surface area contributed by atoms with Crippen LogP contribution >= 0.6 is 23.2 Å². The zero-order valence-electron chi connectivity index (χ0n) is 15.8. The van der Waals surface area contributed by atoms with Crippen molar-refractivity contribution in [3.8, 4) is 0 Å². The van der Waals surface area contributed by atoms with Gasteiger partial charge < -0.3 is 9.88 Å². The van der Waals surface area contributed by atoms with Crippen LogP contribution in [0.4, 0.5) is 0 Å². The Hall–Kier alpha value is -1.87. The minimum absolute atomic E-state index is 0.000550. The number of sulfonamides is 1. The number of halogens is 2. The summed E-state index contributed by atoms with van der Waals surface area (Å²) in [5, 5.41) is 3.66. The van der Waals surface area contributed by atoms with Crippen LogP contribution < -0.4 is 10.9 Å². The van der Waals surface area contributed by atoms with E-state index in [0.29, 0.717) is 28.7 Å². The van der Waals surface area contributed by atoms with Crippen molar-refractivity contribution in [2.45, 2.75) is 37.2 Å². The molecule has 7 nitrogen and oxygen atoms in total. The third-order valence-electron chi connectivity index (χ3n) is 4.78. The fourth-order valence-corrected chi connectivity index (χ4v) is 5.35. The number of nitrogens with one attached hydrogen (secondary N) is 1. The van der Waals surface area contributed by atoms with Gasteiger partial charge in [0, 0.05) is 35.4 Å². The van der Waals surface area contributed by atoms with Gasteiger partial charge in [-0.2, -0.15) is 4.31 Å². The molecule has 1 N–H and O–H groups in total. The lowest BCUT2D eigenvalue weighted by Crippen LogP contribution is -2.34. The number of aromatic nitrogens is 1. The molecule has 2 aromatic rings. The highest BCUT2D eigenvalue weighted by molar-refractivity contribution is 7.89. The van der Waals surface area contributed by atoms with Crippen LogP contribution in [0.2, 0.25) is 10.0 Å². The van der Waals surface area contributed by atoms with Crippen molar-refractivity contribution in [2.24, 2.45) is 0 Å². The molecule has 1 atom stereocenters. The Bertz CT molecular complexity index is 1080. The van der Waals surface area contributed by atoms with Crippen LogP contribution in [0.1, 0.15) is 31.4 Å². The number of nitrogens with zero attached hydrogens (tertiary/aromatic N) is 2. The molecule has 2 heterocycles. The summed E-state index contributed by atoms with van der Waals surface area (Å²) in [6.45, 7) is 2.37. The summed E-state index contributed by atoms with van der Waals surface area (Å²) in [5.74, 6) is -0.443. The molecule has 0 spiro atoms. The quantitative estimate of drug-likeness (QED) is 0.721. The summed E-state index contributed by atoms with van der Waals surface area (Å²) in [4.78, 5) is 24.6. The van der Waals surface area contributed by atoms with Gasteiger partial charge in [0.05, 0.1) is 10.9 Å². The monoisotopic (exact) mass is 457 g/mol. The normalized spacial score (nSPS) is 16.0. The molecule has 0 radical (unpaired) electrons. The maximum absolute atomic E-state index is 12.7. The summed E-state index contributed by atoms with van der Waals surface area (Å²) in [5.41, 5.74) is 0.222. The van der Waals surface area contributed by atoms with Crippen LogP contribution in [0, 0.1) is 0 Å². The smallest absolute Gasteiger partial charge is 0.251 e. The topological polar surface area (TPSA) is 88.5 Å². The lowest BCUT2D eigenvalue weighted by molar-refractivity contribution is -0.122. The number of benzene rings is 1. The average Bonchev–Trinajstić information content (AvgIpc) is 3.18. The molecule has 1 fully saturated rings. The summed E-state index contributed by atoms with van der Waals surface area (Å²) >= 11 is 12.1. The van der Waals surface area contributed by atoms with Crippen molar-refractivity contribution in [1.29, 1.82) is 0 Å². The molecule has 1 aromatic carbocycles. The van der Waals surface area contributed by atoms with Crippen LogP contribution in [0.25, 0.3) is 0 Å². The first-order valence-electron chi connectivity index (χ1n) is 9.13. The number of rotatable bonds is 6. The molecular weight excluding hydrogens is 437 g/mol. The first-order chi connectivity index (χ1) is 13.7. The van der Waals surface area contributed by atoms with Gasteiger partial charge in [-0.25, -0.2) is 8.42 Å². The van der Waals surface area contributed by atoms with Gasteiger partial charge in [-0.3, -0.25) is 9.59 Å². The Morgan fingerprint density at radius 3 is 2.52 bits per heavy atom. The lowest BCUT2D eigenvalue weighted by Gasteiger charge is -2.18. The van der Waals surface area contributed by atoms with Crippen LogP contribution in [0.5, 0.6) is 0 Å². The molecule has 156 valence electrons. The molecule has 1 aromatic heterocycles. The van der Waals surface area contributed by atoms with E-state index in [-0.39, 0.29) is 11.4 Å².